The van der Waals surface area contributed by atoms with Crippen molar-refractivity contribution in [3.63, 3.8) is 0 Å². The first-order valence-corrected chi connectivity index (χ1v) is 5.37. The van der Waals surface area contributed by atoms with E-state index < -0.39 is 5.97 Å². The van der Waals surface area contributed by atoms with Gasteiger partial charge >= 0.3 is 5.97 Å². The van der Waals surface area contributed by atoms with Gasteiger partial charge in [-0.1, -0.05) is 24.3 Å². The molecule has 0 unspecified atom stereocenters. The molecule has 0 aliphatic rings. The van der Waals surface area contributed by atoms with Crippen molar-refractivity contribution in [2.24, 2.45) is 0 Å². The highest BCUT2D eigenvalue weighted by Gasteiger charge is 2.10. The van der Waals surface area contributed by atoms with Gasteiger partial charge in [0, 0.05) is 6.42 Å². The van der Waals surface area contributed by atoms with E-state index in [0.717, 1.165) is 5.82 Å². The number of benzene rings is 1. The van der Waals surface area contributed by atoms with Crippen molar-refractivity contribution in [1.82, 2.24) is 9.97 Å². The van der Waals surface area contributed by atoms with E-state index in [2.05, 4.69) is 33.8 Å². The SMILES string of the molecule is COC(=O)c1cnc(Cc2ccccc2C)[nH]1. The van der Waals surface area contributed by atoms with Crippen molar-refractivity contribution in [3.05, 3.63) is 53.1 Å². The zero-order valence-electron chi connectivity index (χ0n) is 9.86. The topological polar surface area (TPSA) is 55.0 Å². The number of imidazole rings is 1. The minimum Gasteiger partial charge on any atom is -0.464 e. The van der Waals surface area contributed by atoms with Crippen LogP contribution in [0.4, 0.5) is 0 Å². The first kappa shape index (κ1) is 11.4. The van der Waals surface area contributed by atoms with E-state index in [4.69, 9.17) is 0 Å². The Kier molecular flexibility index (Phi) is 3.23. The van der Waals surface area contributed by atoms with Crippen molar-refractivity contribution in [3.8, 4) is 0 Å². The van der Waals surface area contributed by atoms with E-state index in [1.807, 2.05) is 12.1 Å². The molecular weight excluding hydrogens is 216 g/mol. The molecule has 1 aromatic heterocycles. The average Bonchev–Trinajstić information content (AvgIpc) is 2.80. The monoisotopic (exact) mass is 230 g/mol. The van der Waals surface area contributed by atoms with Crippen LogP contribution in [-0.2, 0) is 11.2 Å². The number of nitrogens with one attached hydrogen (secondary N) is 1. The molecule has 0 radical (unpaired) electrons. The summed E-state index contributed by atoms with van der Waals surface area (Å²) >= 11 is 0. The van der Waals surface area contributed by atoms with Crippen LogP contribution < -0.4 is 0 Å². The predicted molar refractivity (Wildman–Crippen MR) is 63.9 cm³/mol. The summed E-state index contributed by atoms with van der Waals surface area (Å²) in [7, 11) is 1.35. The van der Waals surface area contributed by atoms with Crippen LogP contribution >= 0.6 is 0 Å². The molecule has 4 heteroatoms. The number of aryl methyl sites for hydroxylation is 1. The summed E-state index contributed by atoms with van der Waals surface area (Å²) in [6, 6.07) is 8.10. The van der Waals surface area contributed by atoms with E-state index >= 15 is 0 Å². The second-order valence-electron chi connectivity index (χ2n) is 3.84. The molecule has 1 heterocycles. The number of carbonyl (C=O) groups excluding carboxylic acids is 1. The molecule has 0 spiro atoms. The van der Waals surface area contributed by atoms with Gasteiger partial charge in [0.25, 0.3) is 0 Å². The molecule has 1 aromatic carbocycles. The Morgan fingerprint density at radius 2 is 2.18 bits per heavy atom. The zero-order valence-corrected chi connectivity index (χ0v) is 9.86. The van der Waals surface area contributed by atoms with Gasteiger partial charge in [-0.05, 0) is 18.1 Å². The van der Waals surface area contributed by atoms with Crippen LogP contribution in [0.5, 0.6) is 0 Å². The fourth-order valence-corrected chi connectivity index (χ4v) is 1.65. The van der Waals surface area contributed by atoms with E-state index in [1.165, 1.54) is 24.4 Å². The first-order chi connectivity index (χ1) is 8.20. The molecule has 0 atom stereocenters. The Labute approximate surface area is 99.7 Å². The third-order valence-electron chi connectivity index (χ3n) is 2.65. The summed E-state index contributed by atoms with van der Waals surface area (Å²) < 4.78 is 4.61. The minimum absolute atomic E-state index is 0.385. The number of aromatic nitrogens is 2. The fourth-order valence-electron chi connectivity index (χ4n) is 1.65. The maximum Gasteiger partial charge on any atom is 0.356 e. The van der Waals surface area contributed by atoms with Crippen LogP contribution in [0.1, 0.15) is 27.4 Å². The van der Waals surface area contributed by atoms with Gasteiger partial charge in [0.05, 0.1) is 13.3 Å². The number of carbonyl (C=O) groups is 1. The zero-order chi connectivity index (χ0) is 12.3. The lowest BCUT2D eigenvalue weighted by molar-refractivity contribution is 0.0594. The van der Waals surface area contributed by atoms with Crippen molar-refractivity contribution < 1.29 is 9.53 Å². The molecule has 2 rings (SSSR count). The maximum atomic E-state index is 11.3. The van der Waals surface area contributed by atoms with Gasteiger partial charge in [0.1, 0.15) is 11.5 Å². The molecule has 0 amide bonds. The third-order valence-corrected chi connectivity index (χ3v) is 2.65. The third kappa shape index (κ3) is 2.53. The van der Waals surface area contributed by atoms with Gasteiger partial charge in [-0.25, -0.2) is 9.78 Å². The molecule has 0 aliphatic carbocycles. The van der Waals surface area contributed by atoms with Crippen LogP contribution in [0.25, 0.3) is 0 Å². The van der Waals surface area contributed by atoms with Crippen molar-refractivity contribution in [1.29, 1.82) is 0 Å². The second kappa shape index (κ2) is 4.82. The van der Waals surface area contributed by atoms with Crippen LogP contribution in [0, 0.1) is 6.92 Å². The molecule has 0 saturated heterocycles. The first-order valence-electron chi connectivity index (χ1n) is 5.37. The number of esters is 1. The van der Waals surface area contributed by atoms with E-state index in [-0.39, 0.29) is 0 Å². The maximum absolute atomic E-state index is 11.3. The molecule has 0 aliphatic heterocycles. The predicted octanol–water partition coefficient (Wildman–Crippen LogP) is 2.10. The molecule has 0 fully saturated rings. The Balaban J connectivity index is 2.17. The summed E-state index contributed by atoms with van der Waals surface area (Å²) in [5.74, 6) is 0.369. The molecule has 0 saturated carbocycles. The summed E-state index contributed by atoms with van der Waals surface area (Å²) in [4.78, 5) is 18.4. The lowest BCUT2D eigenvalue weighted by Gasteiger charge is -2.02. The number of H-pyrrole nitrogens is 1. The molecule has 17 heavy (non-hydrogen) atoms. The summed E-state index contributed by atoms with van der Waals surface area (Å²) in [6.07, 6.45) is 2.18. The highest BCUT2D eigenvalue weighted by Crippen LogP contribution is 2.11. The van der Waals surface area contributed by atoms with E-state index in [9.17, 15) is 4.79 Å². The van der Waals surface area contributed by atoms with Crippen LogP contribution in [0.3, 0.4) is 0 Å². The van der Waals surface area contributed by atoms with Crippen LogP contribution in [-0.4, -0.2) is 23.0 Å². The smallest absolute Gasteiger partial charge is 0.356 e. The second-order valence-corrected chi connectivity index (χ2v) is 3.84. The van der Waals surface area contributed by atoms with Crippen molar-refractivity contribution in [2.45, 2.75) is 13.3 Å². The standard InChI is InChI=1S/C13H14N2O2/c1-9-5-3-4-6-10(9)7-12-14-8-11(15-12)13(16)17-2/h3-6,8H,7H2,1-2H3,(H,14,15). The number of aromatic amines is 1. The number of rotatable bonds is 3. The largest absolute Gasteiger partial charge is 0.464 e. The average molecular weight is 230 g/mol. The van der Waals surface area contributed by atoms with Crippen LogP contribution in [0.2, 0.25) is 0 Å². The Morgan fingerprint density at radius 1 is 1.41 bits per heavy atom. The fraction of sp³-hybridized carbons (Fsp3) is 0.231. The van der Waals surface area contributed by atoms with Gasteiger partial charge in [-0.2, -0.15) is 0 Å². The van der Waals surface area contributed by atoms with Gasteiger partial charge in [-0.3, -0.25) is 0 Å². The molecule has 4 nitrogen and oxygen atoms in total. The van der Waals surface area contributed by atoms with Crippen molar-refractivity contribution >= 4 is 5.97 Å². The Morgan fingerprint density at radius 3 is 2.88 bits per heavy atom. The Hall–Kier alpha value is -2.10. The van der Waals surface area contributed by atoms with Crippen molar-refractivity contribution in [2.75, 3.05) is 7.11 Å². The summed E-state index contributed by atoms with van der Waals surface area (Å²) in [6.45, 7) is 2.06. The number of nitrogens with zero attached hydrogens (tertiary/aromatic N) is 1. The number of hydrogen-bond donors (Lipinski definition) is 1. The quantitative estimate of drug-likeness (QED) is 0.821. The van der Waals surface area contributed by atoms with Gasteiger partial charge in [-0.15, -0.1) is 0 Å². The van der Waals surface area contributed by atoms with Crippen LogP contribution in [0.15, 0.2) is 30.5 Å². The van der Waals surface area contributed by atoms with E-state index in [1.54, 1.807) is 0 Å². The molecule has 0 bridgehead atoms. The number of ether oxygens (including phenoxy) is 1. The highest BCUT2D eigenvalue weighted by atomic mass is 16.5. The highest BCUT2D eigenvalue weighted by molar-refractivity contribution is 5.86. The van der Waals surface area contributed by atoms with E-state index in [0.29, 0.717) is 12.1 Å². The van der Waals surface area contributed by atoms with Gasteiger partial charge in [0.2, 0.25) is 0 Å². The minimum atomic E-state index is -0.395. The lowest BCUT2D eigenvalue weighted by Crippen LogP contribution is -2.01. The Bertz CT molecular complexity index is 532. The molecule has 1 N–H and O–H groups in total. The molecule has 88 valence electrons. The summed E-state index contributed by atoms with van der Waals surface area (Å²) in [5.41, 5.74) is 2.79. The summed E-state index contributed by atoms with van der Waals surface area (Å²) in [5, 5.41) is 0. The molecule has 2 aromatic rings. The van der Waals surface area contributed by atoms with Gasteiger partial charge < -0.3 is 9.72 Å². The molecular formula is C13H14N2O2. The normalized spacial score (nSPS) is 10.2. The number of methoxy groups -OCH3 is 1. The lowest BCUT2D eigenvalue weighted by atomic mass is 10.1. The number of hydrogen-bond acceptors (Lipinski definition) is 3. The van der Waals surface area contributed by atoms with Gasteiger partial charge in [0.15, 0.2) is 0 Å².